The van der Waals surface area contributed by atoms with E-state index in [1.807, 2.05) is 109 Å². The molecule has 24 heteroatoms. The van der Waals surface area contributed by atoms with Crippen LogP contribution in [-0.4, -0.2) is 116 Å². The van der Waals surface area contributed by atoms with Crippen molar-refractivity contribution >= 4 is 37.0 Å². The van der Waals surface area contributed by atoms with Crippen molar-refractivity contribution in [2.45, 2.75) is 87.4 Å². The first-order valence-electron chi connectivity index (χ1n) is 29.9. The van der Waals surface area contributed by atoms with E-state index in [9.17, 15) is 34.4 Å². The van der Waals surface area contributed by atoms with E-state index in [4.69, 9.17) is 42.0 Å². The summed E-state index contributed by atoms with van der Waals surface area (Å²) in [7, 11) is -1.37. The van der Waals surface area contributed by atoms with Gasteiger partial charge < -0.3 is 38.8 Å². The highest BCUT2D eigenvalue weighted by atomic mass is 31.2. The lowest BCUT2D eigenvalue weighted by Crippen LogP contribution is -2.39. The van der Waals surface area contributed by atoms with Gasteiger partial charge in [0, 0.05) is 42.5 Å². The Kier molecular flexibility index (Phi) is 18.9. The lowest BCUT2D eigenvalue weighted by Gasteiger charge is -2.37. The van der Waals surface area contributed by atoms with Crippen LogP contribution in [0.1, 0.15) is 93.4 Å². The zero-order valence-electron chi connectivity index (χ0n) is 50.4. The van der Waals surface area contributed by atoms with Gasteiger partial charge in [-0.05, 0) is 94.3 Å². The van der Waals surface area contributed by atoms with Gasteiger partial charge in [-0.15, -0.1) is 4.52 Å². The quantitative estimate of drug-likeness (QED) is 0.0179. The lowest BCUT2D eigenvalue weighted by atomic mass is 9.80. The van der Waals surface area contributed by atoms with Crippen LogP contribution in [0.4, 0.5) is 5.82 Å². The number of aromatic nitrogens is 6. The molecule has 2 aliphatic heterocycles. The SMILES string of the molecule is COc1ccc(C(OC[C@H]2O[C@@H](n3cc(C)c(=O)[nH]c3=O)CC2O[P+](O)(OCCC#N)OC[C@H]2O[C@@H](n3cnc4c(NC(=O)c5ccc(CCC(=O)OCC6c7ccccc7-c7ccccc76)cc5)ncnc43)CC2O)(c2ccccc2)c2ccc(OC)cc2)cc1. The number of ether oxygens (including phenoxy) is 6. The Morgan fingerprint density at radius 3 is 2.04 bits per heavy atom. The predicted molar refractivity (Wildman–Crippen MR) is 336 cm³/mol. The van der Waals surface area contributed by atoms with E-state index in [-0.39, 0.29) is 79.9 Å². The number of aliphatic hydroxyl groups excluding tert-OH is 1. The second kappa shape index (κ2) is 27.7. The average Bonchev–Trinajstić information content (AvgIpc) is 0.972. The van der Waals surface area contributed by atoms with Crippen molar-refractivity contribution in [3.8, 4) is 28.7 Å². The molecule has 6 aromatic carbocycles. The van der Waals surface area contributed by atoms with Crippen LogP contribution < -0.4 is 26.0 Å². The molecule has 92 heavy (non-hydrogen) atoms. The largest absolute Gasteiger partial charge is 0.573 e. The molecule has 7 atom stereocenters. The van der Waals surface area contributed by atoms with Gasteiger partial charge in [-0.2, -0.15) is 19.2 Å². The highest BCUT2D eigenvalue weighted by molar-refractivity contribution is 7.55. The van der Waals surface area contributed by atoms with Gasteiger partial charge in [0.1, 0.15) is 74.0 Å². The standard InChI is InChI=1S/C68H65N8O15P/c1-42-36-75(67(81)74-65(42)79)60-35-56(58(90-60)38-86-68(45-12-5-4-6-13-45,46-23-27-48(83-2)28-24-46)47-25-29-49(84-3)30-26-47)91-92(82,87-33-11-32-69)88-39-57-55(77)34-59(89-57)76-41-72-62-63(70-40-71-64(62)76)73-66(80)44-21-18-43(19-22-44)20-31-61(78)85-37-54-52-16-9-7-14-50(52)51-15-8-10-17-53(51)54/h4-10,12-19,21-30,36,40-41,54-60,77,82H,11,20,31,33-35,37-39H2,1-3H3,(H-,70,71,73,74,79,80,81)/p+1/t55?,56?,57-,58-,59-,60-,92?/m1/s1. The first-order chi connectivity index (χ1) is 44.7. The van der Waals surface area contributed by atoms with Crippen LogP contribution in [0.15, 0.2) is 180 Å². The van der Waals surface area contributed by atoms with Crippen LogP contribution >= 0.6 is 8.17 Å². The summed E-state index contributed by atoms with van der Waals surface area (Å²) in [5, 5.41) is 23.9. The second-order valence-electron chi connectivity index (χ2n) is 22.3. The maximum absolute atomic E-state index is 13.7. The fourth-order valence-corrected chi connectivity index (χ4v) is 13.4. The smallest absolute Gasteiger partial charge is 0.497 e. The predicted octanol–water partition coefficient (Wildman–Crippen LogP) is 9.19. The lowest BCUT2D eigenvalue weighted by molar-refractivity contribution is -0.143. The Morgan fingerprint density at radius 1 is 0.750 bits per heavy atom. The number of hydrogen-bond acceptors (Lipinski definition) is 19. The maximum atomic E-state index is 13.7. The molecule has 0 bridgehead atoms. The molecule has 12 rings (SSSR count). The van der Waals surface area contributed by atoms with E-state index in [1.165, 1.54) is 23.4 Å². The molecule has 23 nitrogen and oxygen atoms in total. The molecule has 4 N–H and O–H groups in total. The maximum Gasteiger partial charge on any atom is 0.573 e. The fourth-order valence-electron chi connectivity index (χ4n) is 12.0. The van der Waals surface area contributed by atoms with E-state index in [0.717, 1.165) is 33.4 Å². The molecule has 1 aliphatic carbocycles. The Balaban J connectivity index is 0.722. The Bertz CT molecular complexity index is 4170. The minimum Gasteiger partial charge on any atom is -0.497 e. The molecular formula is C68H66N8O15P+. The van der Waals surface area contributed by atoms with Gasteiger partial charge in [0.15, 0.2) is 17.0 Å². The Morgan fingerprint density at radius 2 is 1.38 bits per heavy atom. The number of nitriles is 1. The van der Waals surface area contributed by atoms with Gasteiger partial charge in [-0.1, -0.05) is 115 Å². The summed E-state index contributed by atoms with van der Waals surface area (Å²) >= 11 is 0. The number of aryl methyl sites for hydroxylation is 2. The van der Waals surface area contributed by atoms with Gasteiger partial charge in [0.05, 0.1) is 45.7 Å². The molecule has 0 spiro atoms. The zero-order valence-corrected chi connectivity index (χ0v) is 51.3. The normalized spacial score (nSPS) is 19.2. The second-order valence-corrected chi connectivity index (χ2v) is 24.0. The van der Waals surface area contributed by atoms with Crippen molar-refractivity contribution in [1.82, 2.24) is 29.1 Å². The fraction of sp³-hybridized carbons (Fsp3) is 0.294. The summed E-state index contributed by atoms with van der Waals surface area (Å²) in [4.78, 5) is 80.7. The molecule has 472 valence electrons. The van der Waals surface area contributed by atoms with Crippen LogP contribution in [0.5, 0.6) is 11.5 Å². The Hall–Kier alpha value is -9.31. The number of carbonyl (C=O) groups is 2. The number of nitrogens with one attached hydrogen (secondary N) is 2. The number of esters is 1. The van der Waals surface area contributed by atoms with Gasteiger partial charge in [0.2, 0.25) is 0 Å². The molecule has 2 saturated heterocycles. The number of hydrogen-bond donors (Lipinski definition) is 4. The number of anilines is 1. The number of rotatable bonds is 25. The minimum absolute atomic E-state index is 0.0162. The third-order valence-electron chi connectivity index (χ3n) is 16.7. The number of methoxy groups -OCH3 is 2. The third kappa shape index (κ3) is 13.2. The number of H-pyrrole nitrogens is 1. The Labute approximate surface area is 528 Å². The monoisotopic (exact) mass is 1270 g/mol. The number of amides is 1. The van der Waals surface area contributed by atoms with Gasteiger partial charge in [-0.3, -0.25) is 28.5 Å². The number of aromatic amines is 1. The molecule has 3 aliphatic rings. The van der Waals surface area contributed by atoms with Gasteiger partial charge in [0.25, 0.3) is 11.5 Å². The molecule has 2 fully saturated rings. The highest BCUT2D eigenvalue weighted by Crippen LogP contribution is 2.61. The van der Waals surface area contributed by atoms with Crippen LogP contribution in [0.2, 0.25) is 0 Å². The molecule has 5 heterocycles. The van der Waals surface area contributed by atoms with Crippen molar-refractivity contribution in [2.75, 3.05) is 46.0 Å². The molecule has 9 aromatic rings. The zero-order chi connectivity index (χ0) is 63.9. The van der Waals surface area contributed by atoms with E-state index < -0.39 is 74.4 Å². The van der Waals surface area contributed by atoms with E-state index >= 15 is 0 Å². The highest BCUT2D eigenvalue weighted by Gasteiger charge is 2.55. The third-order valence-corrected chi connectivity index (χ3v) is 18.2. The molecule has 0 radical (unpaired) electrons. The summed E-state index contributed by atoms with van der Waals surface area (Å²) in [6, 6.07) is 49.6. The first kappa shape index (κ1) is 62.9. The van der Waals surface area contributed by atoms with Crippen molar-refractivity contribution in [1.29, 1.82) is 5.26 Å². The number of carbonyl (C=O) groups excluding carboxylic acids is 2. The van der Waals surface area contributed by atoms with Crippen LogP contribution in [0.3, 0.4) is 0 Å². The molecule has 1 amide bonds. The summed E-state index contributed by atoms with van der Waals surface area (Å²) in [5.74, 6) is 0.512. The van der Waals surface area contributed by atoms with Crippen LogP contribution in [0.25, 0.3) is 22.3 Å². The van der Waals surface area contributed by atoms with E-state index in [0.29, 0.717) is 34.6 Å². The number of imidazole rings is 1. The van der Waals surface area contributed by atoms with Gasteiger partial charge in [-0.25, -0.2) is 19.7 Å². The van der Waals surface area contributed by atoms with Crippen molar-refractivity contribution in [3.63, 3.8) is 0 Å². The van der Waals surface area contributed by atoms with Crippen LogP contribution in [-0.2, 0) is 49.3 Å². The number of fused-ring (bicyclic) bond motifs is 4. The minimum atomic E-state index is -4.52. The summed E-state index contributed by atoms with van der Waals surface area (Å²) < 4.78 is 58.5. The molecular weight excluding hydrogens is 1200 g/mol. The van der Waals surface area contributed by atoms with E-state index in [1.54, 1.807) is 50.0 Å². The molecule has 3 aromatic heterocycles. The van der Waals surface area contributed by atoms with Crippen molar-refractivity contribution in [2.24, 2.45) is 0 Å². The topological polar surface area (TPSA) is 292 Å². The van der Waals surface area contributed by atoms with Crippen LogP contribution in [0, 0.1) is 18.3 Å². The molecule has 0 saturated carbocycles. The van der Waals surface area contributed by atoms with Crippen molar-refractivity contribution < 1.29 is 61.6 Å². The summed E-state index contributed by atoms with van der Waals surface area (Å²) in [6.45, 7) is 0.740. The summed E-state index contributed by atoms with van der Waals surface area (Å²) in [6.07, 6.45) is -2.05. The van der Waals surface area contributed by atoms with Gasteiger partial charge >= 0.3 is 19.8 Å². The first-order valence-corrected chi connectivity index (χ1v) is 31.4. The number of aliphatic hydroxyl groups is 1. The number of nitrogens with zero attached hydrogens (tertiary/aromatic N) is 6. The van der Waals surface area contributed by atoms with E-state index in [2.05, 4.69) is 49.5 Å². The molecule has 3 unspecified atom stereocenters. The number of benzene rings is 6. The average molecular weight is 1270 g/mol. The van der Waals surface area contributed by atoms with Crippen molar-refractivity contribution in [3.05, 3.63) is 236 Å². The summed E-state index contributed by atoms with van der Waals surface area (Å²) in [5.41, 5.74) is 5.99.